The molecule has 2 aliphatic heterocycles. The van der Waals surface area contributed by atoms with Crippen molar-refractivity contribution in [1.29, 1.82) is 0 Å². The third-order valence-electron chi connectivity index (χ3n) is 5.46. The van der Waals surface area contributed by atoms with Gasteiger partial charge in [-0.05, 0) is 60.4 Å². The van der Waals surface area contributed by atoms with Crippen LogP contribution in [0, 0.1) is 5.82 Å². The molecule has 3 aromatic carbocycles. The van der Waals surface area contributed by atoms with Crippen molar-refractivity contribution in [2.75, 3.05) is 13.4 Å². The van der Waals surface area contributed by atoms with E-state index < -0.39 is 0 Å². The minimum Gasteiger partial charge on any atom is -0.493 e. The second-order valence-corrected chi connectivity index (χ2v) is 8.05. The third kappa shape index (κ3) is 3.22. The molecule has 152 valence electrons. The summed E-state index contributed by atoms with van der Waals surface area (Å²) in [7, 11) is 1.65. The van der Waals surface area contributed by atoms with E-state index in [4.69, 9.17) is 9.47 Å². The first kappa shape index (κ1) is 19.0. The first-order chi connectivity index (χ1) is 14.7. The van der Waals surface area contributed by atoms with E-state index in [0.29, 0.717) is 5.75 Å². The number of hydrogen-bond acceptors (Lipinski definition) is 5. The second kappa shape index (κ2) is 7.70. The first-order valence-corrected chi connectivity index (χ1v) is 10.9. The lowest BCUT2D eigenvalue weighted by Gasteiger charge is -2.39. The number of rotatable bonds is 4. The summed E-state index contributed by atoms with van der Waals surface area (Å²) in [6, 6.07) is 20.8. The molecule has 0 amide bonds. The molecular formula is C24H21FN2O2S. The number of thioether (sulfide) groups is 1. The Morgan fingerprint density at radius 2 is 1.80 bits per heavy atom. The predicted octanol–water partition coefficient (Wildman–Crippen LogP) is 5.55. The highest BCUT2D eigenvalue weighted by molar-refractivity contribution is 7.98. The van der Waals surface area contributed by atoms with Gasteiger partial charge in [0.2, 0.25) is 0 Å². The van der Waals surface area contributed by atoms with E-state index in [1.165, 1.54) is 17.0 Å². The van der Waals surface area contributed by atoms with Crippen LogP contribution in [0.2, 0.25) is 0 Å². The SMILES string of the molecule is COc1cccc2c1OC(c1ccc(SC)cc1)N1NC(c3ccc(F)cc3)=CC21. The van der Waals surface area contributed by atoms with Crippen LogP contribution in [0.5, 0.6) is 11.5 Å². The van der Waals surface area contributed by atoms with Gasteiger partial charge in [-0.2, -0.15) is 5.01 Å². The fraction of sp³-hybridized carbons (Fsp3) is 0.167. The van der Waals surface area contributed by atoms with Crippen LogP contribution in [0.4, 0.5) is 4.39 Å². The molecule has 3 aromatic rings. The predicted molar refractivity (Wildman–Crippen MR) is 117 cm³/mol. The van der Waals surface area contributed by atoms with Crippen LogP contribution in [0.3, 0.4) is 0 Å². The van der Waals surface area contributed by atoms with Crippen molar-refractivity contribution in [2.45, 2.75) is 17.2 Å². The van der Waals surface area contributed by atoms with E-state index in [-0.39, 0.29) is 18.1 Å². The van der Waals surface area contributed by atoms with Crippen molar-refractivity contribution in [3.63, 3.8) is 0 Å². The lowest BCUT2D eigenvalue weighted by molar-refractivity contribution is -0.0343. The Kier molecular flexibility index (Phi) is 4.89. The number of hydrazine groups is 1. The van der Waals surface area contributed by atoms with Gasteiger partial charge in [-0.25, -0.2) is 4.39 Å². The Hall–Kier alpha value is -2.96. The number of nitrogens with one attached hydrogen (secondary N) is 1. The Morgan fingerprint density at radius 3 is 2.50 bits per heavy atom. The van der Waals surface area contributed by atoms with Gasteiger partial charge < -0.3 is 14.9 Å². The maximum atomic E-state index is 13.4. The highest BCUT2D eigenvalue weighted by Gasteiger charge is 2.41. The molecule has 2 atom stereocenters. The molecule has 0 radical (unpaired) electrons. The van der Waals surface area contributed by atoms with E-state index in [1.54, 1.807) is 31.0 Å². The Balaban J connectivity index is 1.59. The molecule has 0 fully saturated rings. The Bertz CT molecular complexity index is 1100. The van der Waals surface area contributed by atoms with Crippen LogP contribution in [0.25, 0.3) is 5.70 Å². The second-order valence-electron chi connectivity index (χ2n) is 7.17. The van der Waals surface area contributed by atoms with Crippen molar-refractivity contribution < 1.29 is 13.9 Å². The molecule has 1 N–H and O–H groups in total. The molecule has 0 saturated heterocycles. The number of para-hydroxylation sites is 1. The van der Waals surface area contributed by atoms with Crippen LogP contribution in [0.1, 0.15) is 29.0 Å². The van der Waals surface area contributed by atoms with Crippen LogP contribution in [0.15, 0.2) is 77.7 Å². The Morgan fingerprint density at radius 1 is 1.03 bits per heavy atom. The summed E-state index contributed by atoms with van der Waals surface area (Å²) in [6.07, 6.45) is 3.87. The summed E-state index contributed by atoms with van der Waals surface area (Å²) in [6.45, 7) is 0. The summed E-state index contributed by atoms with van der Waals surface area (Å²) in [4.78, 5) is 1.20. The van der Waals surface area contributed by atoms with Gasteiger partial charge in [0.1, 0.15) is 5.82 Å². The van der Waals surface area contributed by atoms with Crippen molar-refractivity contribution in [3.05, 3.63) is 95.3 Å². The maximum Gasteiger partial charge on any atom is 0.196 e. The summed E-state index contributed by atoms with van der Waals surface area (Å²) in [5, 5.41) is 2.09. The topological polar surface area (TPSA) is 33.7 Å². The molecule has 30 heavy (non-hydrogen) atoms. The number of ether oxygens (including phenoxy) is 2. The maximum absolute atomic E-state index is 13.4. The minimum atomic E-state index is -0.344. The van der Waals surface area contributed by atoms with E-state index in [0.717, 1.165) is 28.1 Å². The zero-order valence-corrected chi connectivity index (χ0v) is 17.4. The van der Waals surface area contributed by atoms with Crippen LogP contribution >= 0.6 is 11.8 Å². The summed E-state index contributed by atoms with van der Waals surface area (Å²) in [5.74, 6) is 1.21. The molecule has 6 heteroatoms. The van der Waals surface area contributed by atoms with Crippen LogP contribution in [-0.4, -0.2) is 18.4 Å². The fourth-order valence-corrected chi connectivity index (χ4v) is 4.34. The molecule has 4 nitrogen and oxygen atoms in total. The van der Waals surface area contributed by atoms with Crippen molar-refractivity contribution in [2.24, 2.45) is 0 Å². The van der Waals surface area contributed by atoms with E-state index in [2.05, 4.69) is 47.0 Å². The highest BCUT2D eigenvalue weighted by Crippen LogP contribution is 2.49. The molecule has 2 heterocycles. The van der Waals surface area contributed by atoms with Gasteiger partial charge in [0.25, 0.3) is 0 Å². The van der Waals surface area contributed by atoms with E-state index in [1.807, 2.05) is 18.2 Å². The summed E-state index contributed by atoms with van der Waals surface area (Å²) >= 11 is 1.71. The van der Waals surface area contributed by atoms with Gasteiger partial charge in [-0.1, -0.05) is 24.3 Å². The molecular weight excluding hydrogens is 399 g/mol. The van der Waals surface area contributed by atoms with Gasteiger partial charge in [-0.15, -0.1) is 11.8 Å². The average Bonchev–Trinajstić information content (AvgIpc) is 3.24. The molecule has 2 unspecified atom stereocenters. The molecule has 5 rings (SSSR count). The largest absolute Gasteiger partial charge is 0.493 e. The number of methoxy groups -OCH3 is 1. The van der Waals surface area contributed by atoms with Gasteiger partial charge >= 0.3 is 0 Å². The third-order valence-corrected chi connectivity index (χ3v) is 6.20. The van der Waals surface area contributed by atoms with Crippen LogP contribution < -0.4 is 14.9 Å². The van der Waals surface area contributed by atoms with Crippen molar-refractivity contribution in [1.82, 2.24) is 10.4 Å². The van der Waals surface area contributed by atoms with Gasteiger partial charge in [0.15, 0.2) is 17.7 Å². The summed E-state index contributed by atoms with van der Waals surface area (Å²) in [5.41, 5.74) is 7.39. The molecule has 0 spiro atoms. The number of halogens is 1. The van der Waals surface area contributed by atoms with Crippen LogP contribution in [-0.2, 0) is 0 Å². The Labute approximate surface area is 179 Å². The van der Waals surface area contributed by atoms with Crippen molar-refractivity contribution >= 4 is 17.5 Å². The van der Waals surface area contributed by atoms with E-state index in [9.17, 15) is 4.39 Å². The van der Waals surface area contributed by atoms with Crippen molar-refractivity contribution in [3.8, 4) is 11.5 Å². The van der Waals surface area contributed by atoms with Gasteiger partial charge in [0, 0.05) is 16.0 Å². The molecule has 0 aliphatic carbocycles. The van der Waals surface area contributed by atoms with Gasteiger partial charge in [0.05, 0.1) is 18.8 Å². The highest BCUT2D eigenvalue weighted by atomic mass is 32.2. The lowest BCUT2D eigenvalue weighted by Crippen LogP contribution is -2.43. The van der Waals surface area contributed by atoms with E-state index >= 15 is 0 Å². The lowest BCUT2D eigenvalue weighted by atomic mass is 10.00. The molecule has 0 aromatic heterocycles. The number of benzene rings is 3. The normalized spacial score (nSPS) is 19.9. The first-order valence-electron chi connectivity index (χ1n) is 9.68. The fourth-order valence-electron chi connectivity index (χ4n) is 3.94. The molecule has 2 aliphatic rings. The smallest absolute Gasteiger partial charge is 0.196 e. The monoisotopic (exact) mass is 420 g/mol. The number of fused-ring (bicyclic) bond motifs is 3. The molecule has 0 saturated carbocycles. The zero-order valence-electron chi connectivity index (χ0n) is 16.6. The quantitative estimate of drug-likeness (QED) is 0.560. The summed E-state index contributed by atoms with van der Waals surface area (Å²) < 4.78 is 25.5. The molecule has 0 bridgehead atoms. The number of nitrogens with zero attached hydrogens (tertiary/aromatic N) is 1. The standard InChI is InChI=1S/C24H21FN2O2S/c1-28-22-5-3-4-19-21-14-20(15-6-10-17(25)11-7-15)26-27(21)24(29-23(19)22)16-8-12-18(30-2)13-9-16/h3-14,21,24,26H,1-2H3. The zero-order chi connectivity index (χ0) is 20.7. The van der Waals surface area contributed by atoms with Gasteiger partial charge in [-0.3, -0.25) is 0 Å². The number of hydrogen-bond donors (Lipinski definition) is 1. The average molecular weight is 421 g/mol. The minimum absolute atomic E-state index is 0.0471.